The van der Waals surface area contributed by atoms with Gasteiger partial charge in [0, 0.05) is 42.5 Å². The molecule has 1 aromatic carbocycles. The lowest BCUT2D eigenvalue weighted by atomic mass is 9.95. The van der Waals surface area contributed by atoms with Gasteiger partial charge in [0.1, 0.15) is 0 Å². The topological polar surface area (TPSA) is 69.3 Å². The SMILES string of the molecule is O=C(c1ccc(Cl)cc1Cl)N1CCN(C(=O)c2n[nH]c3c2CCCC3)CC1. The number of nitrogens with zero attached hydrogens (tertiary/aromatic N) is 3. The molecular weight excluding hydrogens is 387 g/mol. The van der Waals surface area contributed by atoms with Gasteiger partial charge in [-0.2, -0.15) is 5.10 Å². The highest BCUT2D eigenvalue weighted by Gasteiger charge is 2.30. The van der Waals surface area contributed by atoms with Gasteiger partial charge < -0.3 is 9.80 Å². The summed E-state index contributed by atoms with van der Waals surface area (Å²) in [7, 11) is 0. The Kier molecular flexibility index (Phi) is 5.10. The average Bonchev–Trinajstić information content (AvgIpc) is 3.11. The third-order valence-electron chi connectivity index (χ3n) is 5.27. The predicted molar refractivity (Wildman–Crippen MR) is 103 cm³/mol. The Morgan fingerprint density at radius 3 is 2.33 bits per heavy atom. The fourth-order valence-electron chi connectivity index (χ4n) is 3.75. The van der Waals surface area contributed by atoms with E-state index in [1.54, 1.807) is 28.0 Å². The van der Waals surface area contributed by atoms with Crippen molar-refractivity contribution >= 4 is 35.0 Å². The molecule has 4 rings (SSSR count). The molecule has 6 nitrogen and oxygen atoms in total. The van der Waals surface area contributed by atoms with Crippen molar-refractivity contribution in [2.24, 2.45) is 0 Å². The molecule has 8 heteroatoms. The molecule has 1 aliphatic carbocycles. The largest absolute Gasteiger partial charge is 0.335 e. The molecule has 0 saturated carbocycles. The van der Waals surface area contributed by atoms with Gasteiger partial charge in [0.25, 0.3) is 11.8 Å². The van der Waals surface area contributed by atoms with Crippen molar-refractivity contribution in [3.8, 4) is 0 Å². The van der Waals surface area contributed by atoms with E-state index in [2.05, 4.69) is 10.2 Å². The molecular formula is C19H20Cl2N4O2. The summed E-state index contributed by atoms with van der Waals surface area (Å²) in [5, 5.41) is 8.12. The van der Waals surface area contributed by atoms with Crippen molar-refractivity contribution in [2.45, 2.75) is 25.7 Å². The minimum Gasteiger partial charge on any atom is -0.335 e. The number of benzene rings is 1. The van der Waals surface area contributed by atoms with Crippen LogP contribution in [0.3, 0.4) is 0 Å². The molecule has 142 valence electrons. The Morgan fingerprint density at radius 1 is 0.963 bits per heavy atom. The van der Waals surface area contributed by atoms with E-state index in [-0.39, 0.29) is 11.8 Å². The molecule has 1 aliphatic heterocycles. The summed E-state index contributed by atoms with van der Waals surface area (Å²) in [6.07, 6.45) is 4.09. The summed E-state index contributed by atoms with van der Waals surface area (Å²) < 4.78 is 0. The number of piperazine rings is 1. The number of hydrogen-bond acceptors (Lipinski definition) is 3. The van der Waals surface area contributed by atoms with E-state index in [9.17, 15) is 9.59 Å². The molecule has 2 aliphatic rings. The van der Waals surface area contributed by atoms with Crippen molar-refractivity contribution in [2.75, 3.05) is 26.2 Å². The molecule has 2 aromatic rings. The number of amides is 2. The smallest absolute Gasteiger partial charge is 0.274 e. The third-order valence-corrected chi connectivity index (χ3v) is 5.82. The van der Waals surface area contributed by atoms with Crippen molar-refractivity contribution in [3.63, 3.8) is 0 Å². The quantitative estimate of drug-likeness (QED) is 0.832. The fourth-order valence-corrected chi connectivity index (χ4v) is 4.24. The first kappa shape index (κ1) is 18.3. The highest BCUT2D eigenvalue weighted by atomic mass is 35.5. The van der Waals surface area contributed by atoms with Crippen LogP contribution >= 0.6 is 23.2 Å². The van der Waals surface area contributed by atoms with Gasteiger partial charge in [-0.1, -0.05) is 23.2 Å². The number of halogens is 2. The van der Waals surface area contributed by atoms with E-state index in [4.69, 9.17) is 23.2 Å². The zero-order chi connectivity index (χ0) is 19.0. The molecule has 1 N–H and O–H groups in total. The Labute approximate surface area is 167 Å². The second-order valence-electron chi connectivity index (χ2n) is 6.94. The van der Waals surface area contributed by atoms with E-state index in [0.29, 0.717) is 47.5 Å². The summed E-state index contributed by atoms with van der Waals surface area (Å²) in [4.78, 5) is 29.1. The van der Waals surface area contributed by atoms with Crippen molar-refractivity contribution < 1.29 is 9.59 Å². The first-order valence-electron chi connectivity index (χ1n) is 9.14. The van der Waals surface area contributed by atoms with Crippen LogP contribution in [-0.2, 0) is 12.8 Å². The Balaban J connectivity index is 1.42. The lowest BCUT2D eigenvalue weighted by Crippen LogP contribution is -2.50. The Hall–Kier alpha value is -2.05. The first-order chi connectivity index (χ1) is 13.0. The maximum absolute atomic E-state index is 12.9. The van der Waals surface area contributed by atoms with Crippen LogP contribution in [0.2, 0.25) is 10.0 Å². The van der Waals surface area contributed by atoms with Gasteiger partial charge in [0.2, 0.25) is 0 Å². The van der Waals surface area contributed by atoms with Crippen LogP contribution in [0.5, 0.6) is 0 Å². The van der Waals surface area contributed by atoms with Crippen molar-refractivity contribution in [1.82, 2.24) is 20.0 Å². The lowest BCUT2D eigenvalue weighted by Gasteiger charge is -2.34. The van der Waals surface area contributed by atoms with E-state index >= 15 is 0 Å². The zero-order valence-corrected chi connectivity index (χ0v) is 16.3. The number of H-pyrrole nitrogens is 1. The number of carbonyl (C=O) groups is 2. The van der Waals surface area contributed by atoms with Gasteiger partial charge in [-0.25, -0.2) is 0 Å². The first-order valence-corrected chi connectivity index (χ1v) is 9.90. The second kappa shape index (κ2) is 7.52. The number of aromatic nitrogens is 2. The number of fused-ring (bicyclic) bond motifs is 1. The number of aromatic amines is 1. The second-order valence-corrected chi connectivity index (χ2v) is 7.79. The minimum absolute atomic E-state index is 0.0500. The molecule has 0 atom stereocenters. The van der Waals surface area contributed by atoms with Crippen molar-refractivity contribution in [1.29, 1.82) is 0 Å². The summed E-state index contributed by atoms with van der Waals surface area (Å²) >= 11 is 12.0. The molecule has 0 unspecified atom stereocenters. The molecule has 0 radical (unpaired) electrons. The van der Waals surface area contributed by atoms with Crippen LogP contribution in [0.25, 0.3) is 0 Å². The van der Waals surface area contributed by atoms with Crippen LogP contribution in [-0.4, -0.2) is 58.0 Å². The van der Waals surface area contributed by atoms with Gasteiger partial charge in [-0.05, 0) is 43.9 Å². The number of aryl methyl sites for hydroxylation is 1. The summed E-state index contributed by atoms with van der Waals surface area (Å²) in [6.45, 7) is 1.90. The highest BCUT2D eigenvalue weighted by Crippen LogP contribution is 2.25. The van der Waals surface area contributed by atoms with Crippen molar-refractivity contribution in [3.05, 3.63) is 50.8 Å². The normalized spacial score (nSPS) is 17.0. The molecule has 0 spiro atoms. The van der Waals surface area contributed by atoms with Crippen LogP contribution in [0, 0.1) is 0 Å². The van der Waals surface area contributed by atoms with Gasteiger partial charge in [0.05, 0.1) is 10.6 Å². The molecule has 0 bridgehead atoms. The molecule has 27 heavy (non-hydrogen) atoms. The van der Waals surface area contributed by atoms with Gasteiger partial charge in [-0.3, -0.25) is 14.7 Å². The maximum atomic E-state index is 12.9. The predicted octanol–water partition coefficient (Wildman–Crippen LogP) is 3.19. The lowest BCUT2D eigenvalue weighted by molar-refractivity contribution is 0.0531. The number of rotatable bonds is 2. The van der Waals surface area contributed by atoms with Gasteiger partial charge in [-0.15, -0.1) is 0 Å². The third kappa shape index (κ3) is 3.56. The van der Waals surface area contributed by atoms with E-state index in [1.807, 2.05) is 0 Å². The number of nitrogens with one attached hydrogen (secondary N) is 1. The van der Waals surface area contributed by atoms with Crippen LogP contribution in [0.1, 0.15) is 44.9 Å². The van der Waals surface area contributed by atoms with Crippen LogP contribution in [0.4, 0.5) is 0 Å². The van der Waals surface area contributed by atoms with Gasteiger partial charge >= 0.3 is 0 Å². The fraction of sp³-hybridized carbons (Fsp3) is 0.421. The monoisotopic (exact) mass is 406 g/mol. The summed E-state index contributed by atoms with van der Waals surface area (Å²) in [5.74, 6) is -0.188. The standard InChI is InChI=1S/C19H20Cl2N4O2/c20-12-5-6-13(15(21)11-12)18(26)24-7-9-25(10-8-24)19(27)17-14-3-1-2-4-16(14)22-23-17/h5-6,11H,1-4,7-10H2,(H,22,23). The molecule has 1 fully saturated rings. The van der Waals surface area contributed by atoms with Crippen LogP contribution < -0.4 is 0 Å². The maximum Gasteiger partial charge on any atom is 0.274 e. The van der Waals surface area contributed by atoms with Crippen LogP contribution in [0.15, 0.2) is 18.2 Å². The zero-order valence-electron chi connectivity index (χ0n) is 14.8. The minimum atomic E-state index is -0.138. The molecule has 1 aromatic heterocycles. The van der Waals surface area contributed by atoms with E-state index in [1.165, 1.54) is 0 Å². The molecule has 1 saturated heterocycles. The highest BCUT2D eigenvalue weighted by molar-refractivity contribution is 6.36. The van der Waals surface area contributed by atoms with E-state index < -0.39 is 0 Å². The average molecular weight is 407 g/mol. The van der Waals surface area contributed by atoms with E-state index in [0.717, 1.165) is 36.9 Å². The Morgan fingerprint density at radius 2 is 1.63 bits per heavy atom. The molecule has 2 amide bonds. The number of hydrogen-bond donors (Lipinski definition) is 1. The Bertz CT molecular complexity index is 888. The summed E-state index contributed by atoms with van der Waals surface area (Å²) in [5.41, 5.74) is 3.14. The summed E-state index contributed by atoms with van der Waals surface area (Å²) in [6, 6.07) is 4.86. The molecule has 2 heterocycles. The van der Waals surface area contributed by atoms with Gasteiger partial charge in [0.15, 0.2) is 5.69 Å². The number of carbonyl (C=O) groups excluding carboxylic acids is 2.